The van der Waals surface area contributed by atoms with E-state index < -0.39 is 0 Å². The number of rotatable bonds is 3. The average Bonchev–Trinajstić information content (AvgIpc) is 2.26. The van der Waals surface area contributed by atoms with E-state index in [1.54, 1.807) is 0 Å². The van der Waals surface area contributed by atoms with Crippen LogP contribution in [0.5, 0.6) is 0 Å². The fourth-order valence-corrected chi connectivity index (χ4v) is 1.98. The molecular weight excluding hydrogens is 210 g/mol. The fraction of sp³-hybridized carbons (Fsp3) is 0.267. The number of ketones is 1. The monoisotopic (exact) mass is 228 g/mol. The van der Waals surface area contributed by atoms with Gasteiger partial charge in [0.2, 0.25) is 5.78 Å². The van der Waals surface area contributed by atoms with Crippen molar-refractivity contribution >= 4 is 16.6 Å². The Labute approximate surface area is 102 Å². The number of hydrogen-bond acceptors (Lipinski definition) is 1. The van der Waals surface area contributed by atoms with Crippen LogP contribution in [-0.2, 0) is 0 Å². The minimum absolute atomic E-state index is 0.203. The summed E-state index contributed by atoms with van der Waals surface area (Å²) in [5.74, 6) is 0.203. The van der Waals surface area contributed by atoms with Crippen molar-refractivity contribution in [3.05, 3.63) is 48.0 Å². The summed E-state index contributed by atoms with van der Waals surface area (Å²) < 4.78 is 0.655. The van der Waals surface area contributed by atoms with Crippen LogP contribution in [0.3, 0.4) is 0 Å². The Morgan fingerprint density at radius 2 is 1.65 bits per heavy atom. The van der Waals surface area contributed by atoms with E-state index in [0.717, 1.165) is 16.3 Å². The lowest BCUT2D eigenvalue weighted by Gasteiger charge is -2.23. The number of quaternary nitrogens is 1. The SMILES string of the molecule is C[N+](C)(C)CC(=O)c1cccc2ccccc12. The van der Waals surface area contributed by atoms with E-state index >= 15 is 0 Å². The first-order valence-corrected chi connectivity index (χ1v) is 5.79. The van der Waals surface area contributed by atoms with Gasteiger partial charge in [-0.15, -0.1) is 0 Å². The first-order valence-electron chi connectivity index (χ1n) is 5.79. The number of carbonyl (C=O) groups excluding carboxylic acids is 1. The predicted octanol–water partition coefficient (Wildman–Crippen LogP) is 2.73. The van der Waals surface area contributed by atoms with Crippen molar-refractivity contribution in [3.8, 4) is 0 Å². The minimum atomic E-state index is 0.203. The van der Waals surface area contributed by atoms with Crippen LogP contribution in [0, 0.1) is 0 Å². The van der Waals surface area contributed by atoms with Gasteiger partial charge < -0.3 is 4.48 Å². The van der Waals surface area contributed by atoms with E-state index in [0.29, 0.717) is 11.0 Å². The van der Waals surface area contributed by atoms with Gasteiger partial charge in [-0.25, -0.2) is 0 Å². The third-order valence-corrected chi connectivity index (χ3v) is 2.71. The summed E-state index contributed by atoms with van der Waals surface area (Å²) in [5.41, 5.74) is 0.830. The van der Waals surface area contributed by atoms with Gasteiger partial charge in [-0.3, -0.25) is 4.79 Å². The van der Waals surface area contributed by atoms with Gasteiger partial charge in [-0.1, -0.05) is 42.5 Å². The van der Waals surface area contributed by atoms with Crippen molar-refractivity contribution in [3.63, 3.8) is 0 Å². The number of benzene rings is 2. The normalized spacial score (nSPS) is 11.7. The molecule has 0 spiro atoms. The molecule has 17 heavy (non-hydrogen) atoms. The molecule has 0 heterocycles. The van der Waals surface area contributed by atoms with Crippen LogP contribution >= 0.6 is 0 Å². The van der Waals surface area contributed by atoms with Gasteiger partial charge in [-0.05, 0) is 10.8 Å². The number of hydrogen-bond donors (Lipinski definition) is 0. The zero-order valence-electron chi connectivity index (χ0n) is 10.6. The van der Waals surface area contributed by atoms with Gasteiger partial charge in [0, 0.05) is 5.56 Å². The molecule has 0 unspecified atom stereocenters. The Hall–Kier alpha value is -1.67. The molecule has 2 heteroatoms. The molecule has 88 valence electrons. The Kier molecular flexibility index (Phi) is 2.99. The number of fused-ring (bicyclic) bond motifs is 1. The van der Waals surface area contributed by atoms with E-state index in [4.69, 9.17) is 0 Å². The van der Waals surface area contributed by atoms with Crippen LogP contribution in [0.4, 0.5) is 0 Å². The summed E-state index contributed by atoms with van der Waals surface area (Å²) in [6, 6.07) is 13.9. The van der Waals surface area contributed by atoms with Crippen LogP contribution in [-0.4, -0.2) is 38.0 Å². The Bertz CT molecular complexity index is 547. The first-order chi connectivity index (χ1) is 7.97. The summed E-state index contributed by atoms with van der Waals surface area (Å²) in [5, 5.41) is 2.17. The number of carbonyl (C=O) groups is 1. The average molecular weight is 228 g/mol. The standard InChI is InChI=1S/C15H18NO/c1-16(2,3)11-15(17)14-10-6-8-12-7-4-5-9-13(12)14/h4-10H,11H2,1-3H3/q+1. The summed E-state index contributed by atoms with van der Waals surface area (Å²) >= 11 is 0. The van der Waals surface area contributed by atoms with Crippen molar-refractivity contribution in [2.75, 3.05) is 27.7 Å². The minimum Gasteiger partial charge on any atom is -0.324 e. The lowest BCUT2D eigenvalue weighted by atomic mass is 10.0. The highest BCUT2D eigenvalue weighted by atomic mass is 16.1. The Morgan fingerprint density at radius 3 is 2.35 bits per heavy atom. The maximum Gasteiger partial charge on any atom is 0.217 e. The summed E-state index contributed by atoms with van der Waals surface area (Å²) in [4.78, 5) is 12.3. The quantitative estimate of drug-likeness (QED) is 0.583. The van der Waals surface area contributed by atoms with Gasteiger partial charge in [0.15, 0.2) is 0 Å². The Morgan fingerprint density at radius 1 is 1.00 bits per heavy atom. The van der Waals surface area contributed by atoms with E-state index in [1.165, 1.54) is 0 Å². The lowest BCUT2D eigenvalue weighted by molar-refractivity contribution is -0.861. The summed E-state index contributed by atoms with van der Waals surface area (Å²) in [6.45, 7) is 0.522. The molecule has 0 aromatic heterocycles. The highest BCUT2D eigenvalue weighted by molar-refractivity contribution is 6.08. The van der Waals surface area contributed by atoms with E-state index in [1.807, 2.05) is 63.6 Å². The molecule has 0 saturated carbocycles. The Balaban J connectivity index is 2.45. The lowest BCUT2D eigenvalue weighted by Crippen LogP contribution is -2.39. The molecule has 0 bridgehead atoms. The molecule has 2 aromatic carbocycles. The van der Waals surface area contributed by atoms with E-state index in [2.05, 4.69) is 0 Å². The molecule has 0 atom stereocenters. The molecule has 0 aliphatic heterocycles. The topological polar surface area (TPSA) is 17.1 Å². The number of likely N-dealkylation sites (N-methyl/N-ethyl adjacent to an activating group) is 1. The van der Waals surface area contributed by atoms with E-state index in [9.17, 15) is 4.79 Å². The molecule has 0 fully saturated rings. The predicted molar refractivity (Wildman–Crippen MR) is 71.2 cm³/mol. The van der Waals surface area contributed by atoms with Crippen molar-refractivity contribution < 1.29 is 9.28 Å². The molecule has 0 amide bonds. The van der Waals surface area contributed by atoms with Crippen LogP contribution < -0.4 is 0 Å². The highest BCUT2D eigenvalue weighted by Crippen LogP contribution is 2.19. The summed E-state index contributed by atoms with van der Waals surface area (Å²) in [7, 11) is 6.09. The largest absolute Gasteiger partial charge is 0.324 e. The number of Topliss-reactive ketones (excluding diaryl/α,β-unsaturated/α-hetero) is 1. The van der Waals surface area contributed by atoms with Gasteiger partial charge in [0.1, 0.15) is 6.54 Å². The van der Waals surface area contributed by atoms with Crippen LogP contribution in [0.1, 0.15) is 10.4 Å². The fourth-order valence-electron chi connectivity index (χ4n) is 1.98. The zero-order valence-corrected chi connectivity index (χ0v) is 10.6. The van der Waals surface area contributed by atoms with Gasteiger partial charge >= 0.3 is 0 Å². The van der Waals surface area contributed by atoms with Gasteiger partial charge in [0.05, 0.1) is 21.1 Å². The van der Waals surface area contributed by atoms with Gasteiger partial charge in [-0.2, -0.15) is 0 Å². The second-order valence-corrected chi connectivity index (χ2v) is 5.40. The van der Waals surface area contributed by atoms with E-state index in [-0.39, 0.29) is 5.78 Å². The third kappa shape index (κ3) is 2.71. The molecule has 0 aliphatic rings. The van der Waals surface area contributed by atoms with Gasteiger partial charge in [0.25, 0.3) is 0 Å². The highest BCUT2D eigenvalue weighted by Gasteiger charge is 2.17. The smallest absolute Gasteiger partial charge is 0.217 e. The van der Waals surface area contributed by atoms with Crippen LogP contribution in [0.25, 0.3) is 10.8 Å². The molecule has 0 N–H and O–H groups in total. The van der Waals surface area contributed by atoms with Crippen molar-refractivity contribution in [1.82, 2.24) is 0 Å². The molecule has 2 nitrogen and oxygen atoms in total. The molecule has 2 aromatic rings. The molecule has 0 aliphatic carbocycles. The van der Waals surface area contributed by atoms with Crippen molar-refractivity contribution in [2.24, 2.45) is 0 Å². The van der Waals surface area contributed by atoms with Crippen molar-refractivity contribution in [1.29, 1.82) is 0 Å². The molecule has 0 radical (unpaired) electrons. The molecular formula is C15H18NO+. The van der Waals surface area contributed by atoms with Crippen LogP contribution in [0.2, 0.25) is 0 Å². The van der Waals surface area contributed by atoms with Crippen molar-refractivity contribution in [2.45, 2.75) is 0 Å². The maximum atomic E-state index is 12.3. The maximum absolute atomic E-state index is 12.3. The first kappa shape index (κ1) is 11.8. The zero-order chi connectivity index (χ0) is 12.5. The third-order valence-electron chi connectivity index (χ3n) is 2.71. The van der Waals surface area contributed by atoms with Crippen LogP contribution in [0.15, 0.2) is 42.5 Å². The molecule has 0 saturated heterocycles. The second kappa shape index (κ2) is 4.30. The number of nitrogens with zero attached hydrogens (tertiary/aromatic N) is 1. The summed E-state index contributed by atoms with van der Waals surface area (Å²) in [6.07, 6.45) is 0. The molecule has 2 rings (SSSR count). The second-order valence-electron chi connectivity index (χ2n) is 5.40.